The van der Waals surface area contributed by atoms with Crippen molar-refractivity contribution in [1.29, 1.82) is 5.26 Å². The van der Waals surface area contributed by atoms with E-state index < -0.39 is 17.6 Å². The van der Waals surface area contributed by atoms with E-state index in [2.05, 4.69) is 0 Å². The van der Waals surface area contributed by atoms with Crippen molar-refractivity contribution in [3.63, 3.8) is 0 Å². The second-order valence-electron chi connectivity index (χ2n) is 4.58. The number of rotatable bonds is 3. The Hall–Kier alpha value is -1.57. The highest BCUT2D eigenvalue weighted by Gasteiger charge is 2.33. The Morgan fingerprint density at radius 2 is 1.90 bits per heavy atom. The first-order valence-electron chi connectivity index (χ1n) is 6.22. The molecule has 1 amide bonds. The smallest absolute Gasteiger partial charge is 0.247 e. The van der Waals surface area contributed by atoms with E-state index in [9.17, 15) is 9.59 Å². The SMILES string of the molecule is N#CC(C(=O)c1ccc(Cl)cc1Cl)C(=O)N1CCCC1. The van der Waals surface area contributed by atoms with Crippen molar-refractivity contribution < 1.29 is 9.59 Å². The number of ketones is 1. The normalized spacial score (nSPS) is 15.8. The maximum Gasteiger partial charge on any atom is 0.247 e. The van der Waals surface area contributed by atoms with E-state index in [1.807, 2.05) is 0 Å². The lowest BCUT2D eigenvalue weighted by atomic mass is 9.97. The van der Waals surface area contributed by atoms with Gasteiger partial charge in [0.25, 0.3) is 0 Å². The van der Waals surface area contributed by atoms with Crippen molar-refractivity contribution in [3.05, 3.63) is 33.8 Å². The van der Waals surface area contributed by atoms with Crippen LogP contribution < -0.4 is 0 Å². The molecule has 0 radical (unpaired) electrons. The molecule has 1 unspecified atom stereocenters. The van der Waals surface area contributed by atoms with Crippen LogP contribution in [0, 0.1) is 17.2 Å². The van der Waals surface area contributed by atoms with Crippen LogP contribution in [-0.2, 0) is 4.79 Å². The summed E-state index contributed by atoms with van der Waals surface area (Å²) in [7, 11) is 0. The Balaban J connectivity index is 2.25. The second kappa shape index (κ2) is 6.25. The number of carbonyl (C=O) groups is 2. The fourth-order valence-electron chi connectivity index (χ4n) is 2.19. The van der Waals surface area contributed by atoms with Gasteiger partial charge in [-0.05, 0) is 31.0 Å². The molecule has 104 valence electrons. The lowest BCUT2D eigenvalue weighted by Crippen LogP contribution is -2.37. The van der Waals surface area contributed by atoms with Crippen LogP contribution >= 0.6 is 23.2 Å². The second-order valence-corrected chi connectivity index (χ2v) is 5.43. The maximum absolute atomic E-state index is 12.3. The van der Waals surface area contributed by atoms with Gasteiger partial charge in [0.05, 0.1) is 11.1 Å². The van der Waals surface area contributed by atoms with Crippen molar-refractivity contribution in [2.45, 2.75) is 12.8 Å². The van der Waals surface area contributed by atoms with E-state index in [0.29, 0.717) is 18.1 Å². The average molecular weight is 311 g/mol. The third-order valence-corrected chi connectivity index (χ3v) is 3.80. The molecule has 1 aromatic rings. The summed E-state index contributed by atoms with van der Waals surface area (Å²) in [6, 6.07) is 6.16. The molecule has 2 rings (SSSR count). The zero-order valence-corrected chi connectivity index (χ0v) is 12.1. The van der Waals surface area contributed by atoms with Crippen molar-refractivity contribution >= 4 is 34.9 Å². The lowest BCUT2D eigenvalue weighted by molar-refractivity contribution is -0.131. The molecule has 1 heterocycles. The van der Waals surface area contributed by atoms with Gasteiger partial charge in [-0.15, -0.1) is 0 Å². The minimum absolute atomic E-state index is 0.148. The standard InChI is InChI=1S/C14H12Cl2N2O2/c15-9-3-4-10(12(16)7-9)13(19)11(8-17)14(20)18-5-1-2-6-18/h3-4,7,11H,1-2,5-6H2. The largest absolute Gasteiger partial charge is 0.341 e. The molecule has 1 aliphatic rings. The summed E-state index contributed by atoms with van der Waals surface area (Å²) in [5.41, 5.74) is 0.148. The predicted molar refractivity (Wildman–Crippen MR) is 75.7 cm³/mol. The summed E-state index contributed by atoms with van der Waals surface area (Å²) in [6.07, 6.45) is 1.81. The number of nitrogens with zero attached hydrogens (tertiary/aromatic N) is 2. The molecule has 0 aromatic heterocycles. The molecule has 1 atom stereocenters. The van der Waals surface area contributed by atoms with Crippen LogP contribution in [-0.4, -0.2) is 29.7 Å². The molecule has 6 heteroatoms. The van der Waals surface area contributed by atoms with Gasteiger partial charge >= 0.3 is 0 Å². The van der Waals surface area contributed by atoms with Crippen LogP contribution in [0.5, 0.6) is 0 Å². The van der Waals surface area contributed by atoms with Crippen LogP contribution in [0.1, 0.15) is 23.2 Å². The monoisotopic (exact) mass is 310 g/mol. The summed E-state index contributed by atoms with van der Waals surface area (Å²) < 4.78 is 0. The van der Waals surface area contributed by atoms with Crippen molar-refractivity contribution in [3.8, 4) is 6.07 Å². The van der Waals surface area contributed by atoms with E-state index in [1.165, 1.54) is 18.2 Å². The van der Waals surface area contributed by atoms with Gasteiger partial charge in [-0.3, -0.25) is 9.59 Å². The summed E-state index contributed by atoms with van der Waals surface area (Å²) in [4.78, 5) is 26.0. The molecule has 0 aliphatic carbocycles. The molecule has 1 saturated heterocycles. The quantitative estimate of drug-likeness (QED) is 0.637. The molecule has 20 heavy (non-hydrogen) atoms. The number of amides is 1. The Morgan fingerprint density at radius 3 is 2.45 bits per heavy atom. The number of carbonyl (C=O) groups excluding carboxylic acids is 2. The van der Waals surface area contributed by atoms with Gasteiger partial charge in [-0.2, -0.15) is 5.26 Å². The molecular formula is C14H12Cl2N2O2. The van der Waals surface area contributed by atoms with Gasteiger partial charge in [0.2, 0.25) is 5.91 Å². The first-order valence-corrected chi connectivity index (χ1v) is 6.98. The first kappa shape index (κ1) is 14.8. The fraction of sp³-hybridized carbons (Fsp3) is 0.357. The highest BCUT2D eigenvalue weighted by molar-refractivity contribution is 6.37. The minimum atomic E-state index is -1.34. The van der Waals surface area contributed by atoms with E-state index >= 15 is 0 Å². The average Bonchev–Trinajstić information content (AvgIpc) is 2.93. The number of halogens is 2. The summed E-state index contributed by atoms with van der Waals surface area (Å²) >= 11 is 11.7. The Bertz CT molecular complexity index is 589. The molecule has 0 bridgehead atoms. The molecule has 0 N–H and O–H groups in total. The van der Waals surface area contributed by atoms with Crippen LogP contribution in [0.4, 0.5) is 0 Å². The third-order valence-electron chi connectivity index (χ3n) is 3.25. The minimum Gasteiger partial charge on any atom is -0.341 e. The van der Waals surface area contributed by atoms with Gasteiger partial charge < -0.3 is 4.90 Å². The zero-order valence-electron chi connectivity index (χ0n) is 10.6. The Kier molecular flexibility index (Phi) is 4.64. The van der Waals surface area contributed by atoms with Gasteiger partial charge in [-0.25, -0.2) is 0 Å². The van der Waals surface area contributed by atoms with Crippen molar-refractivity contribution in [1.82, 2.24) is 4.90 Å². The van der Waals surface area contributed by atoms with Crippen LogP contribution in [0.3, 0.4) is 0 Å². The number of hydrogen-bond donors (Lipinski definition) is 0. The fourth-order valence-corrected chi connectivity index (χ4v) is 2.69. The van der Waals surface area contributed by atoms with Crippen LogP contribution in [0.15, 0.2) is 18.2 Å². The highest BCUT2D eigenvalue weighted by atomic mass is 35.5. The van der Waals surface area contributed by atoms with Gasteiger partial charge in [0, 0.05) is 23.7 Å². The predicted octanol–water partition coefficient (Wildman–Crippen LogP) is 2.94. The molecule has 1 aliphatic heterocycles. The molecule has 1 aromatic carbocycles. The van der Waals surface area contributed by atoms with Crippen LogP contribution in [0.2, 0.25) is 10.0 Å². The van der Waals surface area contributed by atoms with Crippen molar-refractivity contribution in [2.75, 3.05) is 13.1 Å². The zero-order chi connectivity index (χ0) is 14.7. The van der Waals surface area contributed by atoms with E-state index in [1.54, 1.807) is 11.0 Å². The van der Waals surface area contributed by atoms with Gasteiger partial charge in [0.15, 0.2) is 11.7 Å². The molecule has 0 spiro atoms. The first-order chi connectivity index (χ1) is 9.54. The number of benzene rings is 1. The Morgan fingerprint density at radius 1 is 1.25 bits per heavy atom. The number of hydrogen-bond acceptors (Lipinski definition) is 3. The molecule has 4 nitrogen and oxygen atoms in total. The summed E-state index contributed by atoms with van der Waals surface area (Å²) in [6.45, 7) is 1.19. The highest BCUT2D eigenvalue weighted by Crippen LogP contribution is 2.24. The van der Waals surface area contributed by atoms with Gasteiger partial charge in [0.1, 0.15) is 0 Å². The van der Waals surface area contributed by atoms with E-state index in [-0.39, 0.29) is 10.6 Å². The number of Topliss-reactive ketones (excluding diaryl/α,β-unsaturated/α-hetero) is 1. The summed E-state index contributed by atoms with van der Waals surface area (Å²) in [5, 5.41) is 9.69. The van der Waals surface area contributed by atoms with E-state index in [0.717, 1.165) is 12.8 Å². The Labute approximate surface area is 126 Å². The molecular weight excluding hydrogens is 299 g/mol. The van der Waals surface area contributed by atoms with Crippen molar-refractivity contribution in [2.24, 2.45) is 5.92 Å². The third kappa shape index (κ3) is 2.95. The van der Waals surface area contributed by atoms with Crippen LogP contribution in [0.25, 0.3) is 0 Å². The topological polar surface area (TPSA) is 61.2 Å². The lowest BCUT2D eigenvalue weighted by Gasteiger charge is -2.18. The molecule has 1 fully saturated rings. The number of likely N-dealkylation sites (tertiary alicyclic amines) is 1. The maximum atomic E-state index is 12.3. The summed E-state index contributed by atoms with van der Waals surface area (Å²) in [5.74, 6) is -2.36. The molecule has 0 saturated carbocycles. The van der Waals surface area contributed by atoms with Gasteiger partial charge in [-0.1, -0.05) is 23.2 Å². The number of nitriles is 1. The van der Waals surface area contributed by atoms with E-state index in [4.69, 9.17) is 28.5 Å².